The fraction of sp³-hybridized carbons (Fsp3) is 0.143. The van der Waals surface area contributed by atoms with E-state index in [-0.39, 0.29) is 10.4 Å². The summed E-state index contributed by atoms with van der Waals surface area (Å²) in [6, 6.07) is 6.89. The molecule has 2 aromatic heterocycles. The van der Waals surface area contributed by atoms with E-state index in [0.717, 1.165) is 0 Å². The van der Waals surface area contributed by atoms with Gasteiger partial charge in [0.25, 0.3) is 5.56 Å². The van der Waals surface area contributed by atoms with Crippen LogP contribution in [-0.2, 0) is 0 Å². The summed E-state index contributed by atoms with van der Waals surface area (Å²) in [7, 11) is 1.56. The van der Waals surface area contributed by atoms with E-state index in [0.29, 0.717) is 22.8 Å². The van der Waals surface area contributed by atoms with E-state index in [4.69, 9.17) is 16.3 Å². The van der Waals surface area contributed by atoms with Gasteiger partial charge >= 0.3 is 0 Å². The molecule has 21 heavy (non-hydrogen) atoms. The van der Waals surface area contributed by atoms with Gasteiger partial charge in [-0.1, -0.05) is 11.6 Å². The van der Waals surface area contributed by atoms with Crippen molar-refractivity contribution in [3.8, 4) is 11.4 Å². The maximum atomic E-state index is 12.4. The van der Waals surface area contributed by atoms with Crippen molar-refractivity contribution in [3.63, 3.8) is 0 Å². The quantitative estimate of drug-likeness (QED) is 0.759. The molecule has 0 aliphatic rings. The molecule has 6 nitrogen and oxygen atoms in total. The van der Waals surface area contributed by atoms with Gasteiger partial charge in [-0.3, -0.25) is 14.7 Å². The summed E-state index contributed by atoms with van der Waals surface area (Å²) < 4.78 is 6.36. The summed E-state index contributed by atoms with van der Waals surface area (Å²) in [5.74, 6) is 0.679. The topological polar surface area (TPSA) is 79.9 Å². The van der Waals surface area contributed by atoms with E-state index in [1.54, 1.807) is 38.3 Å². The highest BCUT2D eigenvalue weighted by Gasteiger charge is 2.15. The van der Waals surface area contributed by atoms with Gasteiger partial charge in [-0.2, -0.15) is 0 Å². The number of aryl methyl sites for hydroxylation is 1. The van der Waals surface area contributed by atoms with Crippen molar-refractivity contribution < 1.29 is 4.74 Å². The van der Waals surface area contributed by atoms with Gasteiger partial charge in [-0.25, -0.2) is 4.68 Å². The van der Waals surface area contributed by atoms with Crippen molar-refractivity contribution in [2.45, 2.75) is 6.92 Å². The summed E-state index contributed by atoms with van der Waals surface area (Å²) in [5.41, 5.74) is 0.535. The maximum Gasteiger partial charge on any atom is 0.284 e. The lowest BCUT2D eigenvalue weighted by Gasteiger charge is -2.03. The molecule has 0 atom stereocenters. The zero-order valence-electron chi connectivity index (χ0n) is 11.4. The monoisotopic (exact) mass is 305 g/mol. The van der Waals surface area contributed by atoms with Crippen LogP contribution in [0, 0.1) is 6.92 Å². The van der Waals surface area contributed by atoms with Gasteiger partial charge in [0.05, 0.1) is 12.8 Å². The molecule has 0 bridgehead atoms. The number of halogens is 1. The van der Waals surface area contributed by atoms with E-state index in [1.807, 2.05) is 0 Å². The fourth-order valence-electron chi connectivity index (χ4n) is 2.17. The Kier molecular flexibility index (Phi) is 3.10. The van der Waals surface area contributed by atoms with Gasteiger partial charge in [0.1, 0.15) is 21.8 Å². The van der Waals surface area contributed by atoms with Gasteiger partial charge in [0.15, 0.2) is 0 Å². The number of hydrogen-bond acceptors (Lipinski definition) is 3. The molecule has 1 aromatic carbocycles. The smallest absolute Gasteiger partial charge is 0.284 e. The van der Waals surface area contributed by atoms with Crippen molar-refractivity contribution in [1.82, 2.24) is 14.8 Å². The number of fused-ring (bicyclic) bond motifs is 1. The number of aromatic amines is 2. The third-order valence-corrected chi connectivity index (χ3v) is 3.74. The van der Waals surface area contributed by atoms with Crippen molar-refractivity contribution in [2.24, 2.45) is 0 Å². The largest absolute Gasteiger partial charge is 0.497 e. The van der Waals surface area contributed by atoms with Crippen LogP contribution in [-0.4, -0.2) is 21.9 Å². The number of aromatic nitrogens is 3. The number of methoxy groups -OCH3 is 1. The molecule has 0 spiro atoms. The van der Waals surface area contributed by atoms with Crippen LogP contribution in [0.5, 0.6) is 5.75 Å². The molecule has 7 heteroatoms. The molecule has 0 amide bonds. The number of ether oxygens (including phenoxy) is 1. The summed E-state index contributed by atoms with van der Waals surface area (Å²) in [6.07, 6.45) is 0. The second-order valence-electron chi connectivity index (χ2n) is 4.59. The molecular weight excluding hydrogens is 294 g/mol. The molecule has 0 saturated carbocycles. The van der Waals surface area contributed by atoms with Gasteiger partial charge in [0, 0.05) is 5.69 Å². The van der Waals surface area contributed by atoms with Crippen LogP contribution >= 0.6 is 11.6 Å². The Morgan fingerprint density at radius 2 is 1.86 bits per heavy atom. The second-order valence-corrected chi connectivity index (χ2v) is 4.97. The molecule has 2 N–H and O–H groups in total. The summed E-state index contributed by atoms with van der Waals surface area (Å²) in [6.45, 7) is 1.67. The number of hydrogen-bond donors (Lipinski definition) is 2. The number of nitrogens with zero attached hydrogens (tertiary/aromatic N) is 1. The van der Waals surface area contributed by atoms with E-state index < -0.39 is 11.0 Å². The number of H-pyrrole nitrogens is 2. The lowest BCUT2D eigenvalue weighted by molar-refractivity contribution is 0.414. The molecule has 3 rings (SSSR count). The number of nitrogens with one attached hydrogen (secondary N) is 2. The molecule has 0 unspecified atom stereocenters. The molecule has 0 fully saturated rings. The number of rotatable bonds is 2. The van der Waals surface area contributed by atoms with Gasteiger partial charge in [-0.15, -0.1) is 0 Å². The van der Waals surface area contributed by atoms with Crippen molar-refractivity contribution in [2.75, 3.05) is 7.11 Å². The zero-order valence-corrected chi connectivity index (χ0v) is 12.1. The first-order valence-electron chi connectivity index (χ1n) is 6.20. The minimum atomic E-state index is -0.476. The first-order valence-corrected chi connectivity index (χ1v) is 6.58. The Hall–Kier alpha value is -2.47. The third-order valence-electron chi connectivity index (χ3n) is 3.29. The van der Waals surface area contributed by atoms with Gasteiger partial charge < -0.3 is 9.72 Å². The van der Waals surface area contributed by atoms with E-state index in [1.165, 1.54) is 4.68 Å². The SMILES string of the molecule is COc1ccc(-n2[nH]c3[nH]c(C)c(Cl)c(=O)c3c2=O)cc1. The highest BCUT2D eigenvalue weighted by atomic mass is 35.5. The Bertz CT molecular complexity index is 935. The molecular formula is C14H12ClN3O3. The highest BCUT2D eigenvalue weighted by Crippen LogP contribution is 2.15. The Labute approximate surface area is 123 Å². The van der Waals surface area contributed by atoms with Crippen LogP contribution in [0.25, 0.3) is 16.7 Å². The van der Waals surface area contributed by atoms with Gasteiger partial charge in [-0.05, 0) is 31.2 Å². The van der Waals surface area contributed by atoms with E-state index in [2.05, 4.69) is 10.1 Å². The standard InChI is InChI=1S/C14H12ClN3O3/c1-7-11(15)12(19)10-13(16-7)17-18(14(10)20)8-3-5-9(21-2)6-4-8/h3-6H,1-2H3,(H2,16,17,19). The first-order chi connectivity index (χ1) is 10.0. The van der Waals surface area contributed by atoms with Crippen LogP contribution < -0.4 is 15.7 Å². The summed E-state index contributed by atoms with van der Waals surface area (Å²) in [5, 5.41) is 2.92. The molecule has 0 radical (unpaired) electrons. The highest BCUT2D eigenvalue weighted by molar-refractivity contribution is 6.31. The number of pyridine rings is 1. The minimum absolute atomic E-state index is 0.0152. The molecule has 108 valence electrons. The Morgan fingerprint density at radius 3 is 2.48 bits per heavy atom. The van der Waals surface area contributed by atoms with Crippen LogP contribution in [0.3, 0.4) is 0 Å². The molecule has 2 heterocycles. The van der Waals surface area contributed by atoms with Crippen molar-refractivity contribution in [3.05, 3.63) is 55.6 Å². The Morgan fingerprint density at radius 1 is 1.19 bits per heavy atom. The lowest BCUT2D eigenvalue weighted by atomic mass is 10.3. The van der Waals surface area contributed by atoms with Crippen molar-refractivity contribution in [1.29, 1.82) is 0 Å². The van der Waals surface area contributed by atoms with Gasteiger partial charge in [0.2, 0.25) is 5.43 Å². The predicted molar refractivity (Wildman–Crippen MR) is 80.8 cm³/mol. The summed E-state index contributed by atoms with van der Waals surface area (Å²) >= 11 is 5.90. The maximum absolute atomic E-state index is 12.4. The fourth-order valence-corrected chi connectivity index (χ4v) is 2.32. The average Bonchev–Trinajstić information content (AvgIpc) is 2.82. The van der Waals surface area contributed by atoms with Crippen LogP contribution in [0.15, 0.2) is 33.9 Å². The average molecular weight is 306 g/mol. The zero-order chi connectivity index (χ0) is 15.1. The molecule has 3 aromatic rings. The van der Waals surface area contributed by atoms with Crippen molar-refractivity contribution >= 4 is 22.6 Å². The molecule has 0 aliphatic carbocycles. The molecule has 0 saturated heterocycles. The predicted octanol–water partition coefficient (Wildman–Crippen LogP) is 1.98. The number of benzene rings is 1. The van der Waals surface area contributed by atoms with Crippen LogP contribution in [0.4, 0.5) is 0 Å². The van der Waals surface area contributed by atoms with Crippen LogP contribution in [0.2, 0.25) is 5.02 Å². The minimum Gasteiger partial charge on any atom is -0.497 e. The second kappa shape index (κ2) is 4.82. The van der Waals surface area contributed by atoms with Crippen LogP contribution in [0.1, 0.15) is 5.69 Å². The lowest BCUT2D eigenvalue weighted by Crippen LogP contribution is -2.18. The molecule has 0 aliphatic heterocycles. The Balaban J connectivity index is 2.29. The summed E-state index contributed by atoms with van der Waals surface area (Å²) in [4.78, 5) is 27.4. The first kappa shape index (κ1) is 13.5. The van der Waals surface area contributed by atoms with E-state index >= 15 is 0 Å². The normalized spacial score (nSPS) is 11.0. The third kappa shape index (κ3) is 2.04. The van der Waals surface area contributed by atoms with E-state index in [9.17, 15) is 9.59 Å².